The van der Waals surface area contributed by atoms with Crippen molar-refractivity contribution in [2.24, 2.45) is 5.92 Å². The average molecular weight is 482 g/mol. The molecule has 0 aliphatic carbocycles. The first-order valence-electron chi connectivity index (χ1n) is 11.3. The van der Waals surface area contributed by atoms with E-state index in [0.29, 0.717) is 40.8 Å². The molecule has 2 aromatic carbocycles. The van der Waals surface area contributed by atoms with Crippen LogP contribution in [0.2, 0.25) is 0 Å². The minimum absolute atomic E-state index is 0.231. The predicted molar refractivity (Wildman–Crippen MR) is 137 cm³/mol. The van der Waals surface area contributed by atoms with Crippen molar-refractivity contribution in [2.75, 3.05) is 25.6 Å². The van der Waals surface area contributed by atoms with E-state index < -0.39 is 6.04 Å². The number of thiocarbonyl (C=S) groups is 1. The number of rotatable bonds is 8. The molecule has 7 nitrogen and oxygen atoms in total. The fourth-order valence-corrected chi connectivity index (χ4v) is 4.17. The first-order chi connectivity index (χ1) is 16.3. The first kappa shape index (κ1) is 25.2. The van der Waals surface area contributed by atoms with Gasteiger partial charge in [-0.25, -0.2) is 4.79 Å². The molecule has 1 amide bonds. The average Bonchev–Trinajstić information content (AvgIpc) is 2.82. The molecule has 0 aromatic heterocycles. The van der Waals surface area contributed by atoms with Crippen LogP contribution in [0.25, 0.3) is 0 Å². The third kappa shape index (κ3) is 5.56. The molecular weight excluding hydrogens is 450 g/mol. The highest BCUT2D eigenvalue weighted by Crippen LogP contribution is 2.32. The quantitative estimate of drug-likeness (QED) is 0.419. The number of nitrogens with one attached hydrogen (secondary N) is 2. The van der Waals surface area contributed by atoms with Crippen LogP contribution in [0.3, 0.4) is 0 Å². The number of amides is 1. The molecule has 0 saturated carbocycles. The fourth-order valence-electron chi connectivity index (χ4n) is 3.79. The van der Waals surface area contributed by atoms with E-state index in [4.69, 9.17) is 21.7 Å². The summed E-state index contributed by atoms with van der Waals surface area (Å²) >= 11 is 5.55. The Kier molecular flexibility index (Phi) is 8.28. The van der Waals surface area contributed by atoms with Crippen LogP contribution < -0.4 is 15.4 Å². The minimum Gasteiger partial charge on any atom is -0.496 e. The van der Waals surface area contributed by atoms with Crippen LogP contribution in [0, 0.1) is 5.92 Å². The summed E-state index contributed by atoms with van der Waals surface area (Å²) in [4.78, 5) is 27.6. The maximum Gasteiger partial charge on any atom is 0.338 e. The molecule has 1 aliphatic heterocycles. The molecule has 2 N–H and O–H groups in total. The predicted octanol–water partition coefficient (Wildman–Crippen LogP) is 4.67. The standard InChI is InChI=1S/C26H31N3O4S/c1-6-29-17(4)22(25(31)33-15-16(2)3)23(28-26(29)34)18-11-13-19(14-12-18)27-24(30)20-9-7-8-10-21(20)32-5/h7-14,16,23H,6,15H2,1-5H3,(H,27,30)(H,28,34). The summed E-state index contributed by atoms with van der Waals surface area (Å²) in [5, 5.41) is 6.72. The second kappa shape index (κ2) is 11.2. The van der Waals surface area contributed by atoms with Gasteiger partial charge in [0.2, 0.25) is 0 Å². The number of benzene rings is 2. The van der Waals surface area contributed by atoms with Crippen molar-refractivity contribution in [3.05, 3.63) is 70.9 Å². The number of para-hydroxylation sites is 1. The van der Waals surface area contributed by atoms with Crippen molar-refractivity contribution in [1.29, 1.82) is 0 Å². The fraction of sp³-hybridized carbons (Fsp3) is 0.346. The highest BCUT2D eigenvalue weighted by atomic mass is 32.1. The van der Waals surface area contributed by atoms with Gasteiger partial charge in [-0.1, -0.05) is 38.1 Å². The molecule has 0 radical (unpaired) electrons. The van der Waals surface area contributed by atoms with Crippen molar-refractivity contribution >= 4 is 34.9 Å². The van der Waals surface area contributed by atoms with Gasteiger partial charge in [-0.15, -0.1) is 0 Å². The molecule has 0 bridgehead atoms. The number of nitrogens with zero attached hydrogens (tertiary/aromatic N) is 1. The van der Waals surface area contributed by atoms with Crippen LogP contribution in [-0.2, 0) is 9.53 Å². The van der Waals surface area contributed by atoms with Crippen molar-refractivity contribution < 1.29 is 19.1 Å². The van der Waals surface area contributed by atoms with E-state index in [-0.39, 0.29) is 17.8 Å². The van der Waals surface area contributed by atoms with E-state index in [1.54, 1.807) is 30.3 Å². The highest BCUT2D eigenvalue weighted by Gasteiger charge is 2.34. The Bertz CT molecular complexity index is 1100. The summed E-state index contributed by atoms with van der Waals surface area (Å²) in [5.74, 6) is 0.101. The van der Waals surface area contributed by atoms with Gasteiger partial charge in [0.15, 0.2) is 5.11 Å². The summed E-state index contributed by atoms with van der Waals surface area (Å²) in [6.07, 6.45) is 0. The largest absolute Gasteiger partial charge is 0.496 e. The van der Waals surface area contributed by atoms with Crippen LogP contribution in [0.15, 0.2) is 59.8 Å². The second-order valence-electron chi connectivity index (χ2n) is 8.39. The van der Waals surface area contributed by atoms with Gasteiger partial charge in [0, 0.05) is 17.9 Å². The van der Waals surface area contributed by atoms with Gasteiger partial charge in [-0.3, -0.25) is 4.79 Å². The molecule has 8 heteroatoms. The van der Waals surface area contributed by atoms with Crippen molar-refractivity contribution in [3.63, 3.8) is 0 Å². The topological polar surface area (TPSA) is 79.9 Å². The van der Waals surface area contributed by atoms with Gasteiger partial charge >= 0.3 is 5.97 Å². The Labute approximate surface area is 206 Å². The zero-order chi connectivity index (χ0) is 24.8. The Morgan fingerprint density at radius 1 is 1.15 bits per heavy atom. The minimum atomic E-state index is -0.450. The van der Waals surface area contributed by atoms with E-state index in [2.05, 4.69) is 10.6 Å². The molecule has 1 aliphatic rings. The number of allylic oxidation sites excluding steroid dienone is 1. The maximum atomic E-state index is 13.0. The third-order valence-corrected chi connectivity index (χ3v) is 5.87. The van der Waals surface area contributed by atoms with Crippen LogP contribution in [0.1, 0.15) is 49.7 Å². The molecule has 1 heterocycles. The summed E-state index contributed by atoms with van der Waals surface area (Å²) in [7, 11) is 1.53. The Morgan fingerprint density at radius 3 is 2.44 bits per heavy atom. The van der Waals surface area contributed by atoms with E-state index in [1.165, 1.54) is 7.11 Å². The lowest BCUT2D eigenvalue weighted by atomic mass is 9.94. The van der Waals surface area contributed by atoms with Gasteiger partial charge < -0.3 is 25.0 Å². The van der Waals surface area contributed by atoms with E-state index in [0.717, 1.165) is 11.3 Å². The first-order valence-corrected chi connectivity index (χ1v) is 11.7. The van der Waals surface area contributed by atoms with Crippen LogP contribution in [0.5, 0.6) is 5.75 Å². The third-order valence-electron chi connectivity index (χ3n) is 5.53. The lowest BCUT2D eigenvalue weighted by Gasteiger charge is -2.37. The van der Waals surface area contributed by atoms with Gasteiger partial charge in [0.1, 0.15) is 5.75 Å². The Morgan fingerprint density at radius 2 is 1.82 bits per heavy atom. The number of carbonyl (C=O) groups is 2. The summed E-state index contributed by atoms with van der Waals surface area (Å²) in [5.41, 5.74) is 3.21. The molecule has 2 aromatic rings. The van der Waals surface area contributed by atoms with Crippen molar-refractivity contribution in [1.82, 2.24) is 10.2 Å². The molecule has 0 spiro atoms. The molecule has 180 valence electrons. The molecule has 0 fully saturated rings. The van der Waals surface area contributed by atoms with Gasteiger partial charge in [0.05, 0.1) is 30.9 Å². The SMILES string of the molecule is CCN1C(=S)NC(c2ccc(NC(=O)c3ccccc3OC)cc2)C(C(=O)OCC(C)C)=C1C. The van der Waals surface area contributed by atoms with Gasteiger partial charge in [-0.05, 0) is 61.8 Å². The van der Waals surface area contributed by atoms with Crippen LogP contribution in [-0.4, -0.2) is 42.2 Å². The number of hydrogen-bond donors (Lipinski definition) is 2. The zero-order valence-electron chi connectivity index (χ0n) is 20.2. The lowest BCUT2D eigenvalue weighted by molar-refractivity contribution is -0.140. The normalized spacial score (nSPS) is 15.8. The number of carbonyl (C=O) groups excluding carboxylic acids is 2. The summed E-state index contributed by atoms with van der Waals surface area (Å²) in [6, 6.07) is 13.9. The molecule has 1 atom stereocenters. The van der Waals surface area contributed by atoms with Crippen LogP contribution >= 0.6 is 12.2 Å². The zero-order valence-corrected chi connectivity index (χ0v) is 21.0. The number of hydrogen-bond acceptors (Lipinski definition) is 5. The Balaban J connectivity index is 1.86. The molecule has 1 unspecified atom stereocenters. The number of methoxy groups -OCH3 is 1. The second-order valence-corrected chi connectivity index (χ2v) is 8.78. The lowest BCUT2D eigenvalue weighted by Crippen LogP contribution is -2.47. The molecule has 3 rings (SSSR count). The van der Waals surface area contributed by atoms with Gasteiger partial charge in [0.25, 0.3) is 5.91 Å². The number of esters is 1. The van der Waals surface area contributed by atoms with E-state index >= 15 is 0 Å². The molecular formula is C26H31N3O4S. The summed E-state index contributed by atoms with van der Waals surface area (Å²) in [6.45, 7) is 8.84. The number of ether oxygens (including phenoxy) is 2. The van der Waals surface area contributed by atoms with E-state index in [9.17, 15) is 9.59 Å². The summed E-state index contributed by atoms with van der Waals surface area (Å²) < 4.78 is 10.8. The maximum absolute atomic E-state index is 13.0. The number of anilines is 1. The van der Waals surface area contributed by atoms with Crippen molar-refractivity contribution in [2.45, 2.75) is 33.7 Å². The van der Waals surface area contributed by atoms with E-state index in [1.807, 2.05) is 50.8 Å². The molecule has 34 heavy (non-hydrogen) atoms. The smallest absolute Gasteiger partial charge is 0.338 e. The molecule has 0 saturated heterocycles. The van der Waals surface area contributed by atoms with Crippen molar-refractivity contribution in [3.8, 4) is 5.75 Å². The highest BCUT2D eigenvalue weighted by molar-refractivity contribution is 7.80. The Hall–Kier alpha value is -3.39. The monoisotopic (exact) mass is 481 g/mol. The van der Waals surface area contributed by atoms with Gasteiger partial charge in [-0.2, -0.15) is 0 Å². The van der Waals surface area contributed by atoms with Crippen LogP contribution in [0.4, 0.5) is 5.69 Å².